The molecule has 0 radical (unpaired) electrons. The Morgan fingerprint density at radius 3 is 2.86 bits per heavy atom. The van der Waals surface area contributed by atoms with Gasteiger partial charge in [-0.15, -0.1) is 0 Å². The van der Waals surface area contributed by atoms with Crippen molar-refractivity contribution in [1.29, 1.82) is 0 Å². The summed E-state index contributed by atoms with van der Waals surface area (Å²) in [5.74, 6) is 1.16. The van der Waals surface area contributed by atoms with Crippen molar-refractivity contribution >= 4 is 11.6 Å². The molecule has 1 unspecified atom stereocenters. The van der Waals surface area contributed by atoms with Crippen molar-refractivity contribution in [2.75, 3.05) is 18.4 Å². The first-order valence-electron chi connectivity index (χ1n) is 8.48. The third kappa shape index (κ3) is 2.23. The first-order chi connectivity index (χ1) is 10.3. The van der Waals surface area contributed by atoms with E-state index in [2.05, 4.69) is 22.3 Å². The number of para-hydroxylation sites is 1. The first kappa shape index (κ1) is 13.2. The summed E-state index contributed by atoms with van der Waals surface area (Å²) in [6.07, 6.45) is 7.72. The van der Waals surface area contributed by atoms with Crippen molar-refractivity contribution in [3.63, 3.8) is 0 Å². The van der Waals surface area contributed by atoms with E-state index in [1.54, 1.807) is 0 Å². The van der Waals surface area contributed by atoms with Gasteiger partial charge in [-0.25, -0.2) is 0 Å². The molecule has 3 heteroatoms. The maximum Gasteiger partial charge on any atom is 0.232 e. The summed E-state index contributed by atoms with van der Waals surface area (Å²) in [6.45, 7) is 1.74. The lowest BCUT2D eigenvalue weighted by molar-refractivity contribution is -0.138. The highest BCUT2D eigenvalue weighted by atomic mass is 16.2. The quantitative estimate of drug-likeness (QED) is 0.857. The summed E-state index contributed by atoms with van der Waals surface area (Å²) in [4.78, 5) is 15.3. The predicted octanol–water partition coefficient (Wildman–Crippen LogP) is 3.38. The van der Waals surface area contributed by atoms with Crippen molar-refractivity contribution in [1.82, 2.24) is 4.90 Å². The number of carbonyl (C=O) groups excluding carboxylic acids is 1. The molecule has 3 aliphatic rings. The highest BCUT2D eigenvalue weighted by molar-refractivity contribution is 5.88. The van der Waals surface area contributed by atoms with Gasteiger partial charge in [-0.2, -0.15) is 0 Å². The van der Waals surface area contributed by atoms with Crippen LogP contribution < -0.4 is 5.32 Å². The van der Waals surface area contributed by atoms with Crippen LogP contribution in [0.3, 0.4) is 0 Å². The Balaban J connectivity index is 1.57. The maximum absolute atomic E-state index is 13.1. The fourth-order valence-electron chi connectivity index (χ4n) is 4.60. The molecular formula is C18H24N2O. The van der Waals surface area contributed by atoms with Crippen molar-refractivity contribution < 1.29 is 4.79 Å². The molecule has 4 rings (SSSR count). The zero-order valence-electron chi connectivity index (χ0n) is 12.6. The van der Waals surface area contributed by atoms with Crippen LogP contribution in [0.5, 0.6) is 0 Å². The average Bonchev–Trinajstić information content (AvgIpc) is 2.98. The van der Waals surface area contributed by atoms with Gasteiger partial charge in [0, 0.05) is 24.8 Å². The summed E-state index contributed by atoms with van der Waals surface area (Å²) < 4.78 is 0. The Labute approximate surface area is 126 Å². The molecule has 2 fully saturated rings. The summed E-state index contributed by atoms with van der Waals surface area (Å²) in [6, 6.07) is 8.80. The van der Waals surface area contributed by atoms with Crippen LogP contribution in [0.4, 0.5) is 5.69 Å². The minimum atomic E-state index is 0.0295. The molecule has 112 valence electrons. The second-order valence-corrected chi connectivity index (χ2v) is 6.81. The fourth-order valence-corrected chi connectivity index (χ4v) is 4.60. The first-order valence-corrected chi connectivity index (χ1v) is 8.48. The zero-order chi connectivity index (χ0) is 14.2. The Hall–Kier alpha value is -1.51. The van der Waals surface area contributed by atoms with Gasteiger partial charge in [-0.3, -0.25) is 4.79 Å². The second kappa shape index (κ2) is 5.36. The van der Waals surface area contributed by atoms with E-state index in [0.29, 0.717) is 11.9 Å². The average molecular weight is 284 g/mol. The highest BCUT2D eigenvalue weighted by Crippen LogP contribution is 2.39. The molecule has 2 heterocycles. The molecule has 1 amide bonds. The van der Waals surface area contributed by atoms with Gasteiger partial charge in [0.2, 0.25) is 5.91 Å². The number of nitrogens with zero attached hydrogens (tertiary/aromatic N) is 1. The highest BCUT2D eigenvalue weighted by Gasteiger charge is 2.39. The van der Waals surface area contributed by atoms with E-state index >= 15 is 0 Å². The molecule has 3 atom stereocenters. The summed E-state index contributed by atoms with van der Waals surface area (Å²) in [5, 5.41) is 3.39. The molecule has 21 heavy (non-hydrogen) atoms. The molecular weight excluding hydrogens is 260 g/mol. The molecule has 1 aromatic rings. The number of hydrogen-bond acceptors (Lipinski definition) is 2. The third-order valence-corrected chi connectivity index (χ3v) is 5.66. The number of likely N-dealkylation sites (tertiary alicyclic amines) is 1. The lowest BCUT2D eigenvalue weighted by atomic mass is 9.78. The minimum Gasteiger partial charge on any atom is -0.384 e. The van der Waals surface area contributed by atoms with Gasteiger partial charge in [0.1, 0.15) is 0 Å². The molecule has 1 saturated carbocycles. The van der Waals surface area contributed by atoms with E-state index in [9.17, 15) is 4.79 Å². The predicted molar refractivity (Wildman–Crippen MR) is 84.4 cm³/mol. The van der Waals surface area contributed by atoms with Crippen LogP contribution >= 0.6 is 0 Å². The maximum atomic E-state index is 13.1. The Morgan fingerprint density at radius 1 is 1.10 bits per heavy atom. The van der Waals surface area contributed by atoms with Gasteiger partial charge in [0.25, 0.3) is 0 Å². The summed E-state index contributed by atoms with van der Waals surface area (Å²) in [7, 11) is 0. The van der Waals surface area contributed by atoms with Gasteiger partial charge >= 0.3 is 0 Å². The van der Waals surface area contributed by atoms with Crippen LogP contribution in [0.1, 0.15) is 50.0 Å². The van der Waals surface area contributed by atoms with E-state index in [1.165, 1.54) is 44.1 Å². The zero-order valence-corrected chi connectivity index (χ0v) is 12.6. The topological polar surface area (TPSA) is 32.3 Å². The standard InChI is InChI=1S/C18H24N2O/c21-18(15-12-19-16-9-3-2-8-14(15)16)20-11-5-7-13-6-1-4-10-17(13)20/h2-3,8-9,13,15,17,19H,1,4-7,10-12H2/t13-,15?,17-/m1/s1. The van der Waals surface area contributed by atoms with Crippen molar-refractivity contribution in [3.8, 4) is 0 Å². The van der Waals surface area contributed by atoms with Gasteiger partial charge < -0.3 is 10.2 Å². The number of amides is 1. The van der Waals surface area contributed by atoms with Gasteiger partial charge in [0.05, 0.1) is 5.92 Å². The number of rotatable bonds is 1. The monoisotopic (exact) mass is 284 g/mol. The number of hydrogen-bond donors (Lipinski definition) is 1. The largest absolute Gasteiger partial charge is 0.384 e. The van der Waals surface area contributed by atoms with Crippen LogP contribution in [0.2, 0.25) is 0 Å². The van der Waals surface area contributed by atoms with E-state index < -0.39 is 0 Å². The van der Waals surface area contributed by atoms with Gasteiger partial charge in [0.15, 0.2) is 0 Å². The third-order valence-electron chi connectivity index (χ3n) is 5.66. The van der Waals surface area contributed by atoms with Gasteiger partial charge in [-0.05, 0) is 43.2 Å². The van der Waals surface area contributed by atoms with E-state index in [4.69, 9.17) is 0 Å². The Bertz CT molecular complexity index is 540. The smallest absolute Gasteiger partial charge is 0.232 e. The minimum absolute atomic E-state index is 0.0295. The van der Waals surface area contributed by atoms with E-state index in [0.717, 1.165) is 24.7 Å². The normalized spacial score (nSPS) is 31.2. The molecule has 1 saturated heterocycles. The molecule has 0 bridgehead atoms. The Morgan fingerprint density at radius 2 is 1.90 bits per heavy atom. The molecule has 3 nitrogen and oxygen atoms in total. The number of anilines is 1. The summed E-state index contributed by atoms with van der Waals surface area (Å²) in [5.41, 5.74) is 2.34. The van der Waals surface area contributed by atoms with E-state index in [1.807, 2.05) is 12.1 Å². The molecule has 0 aromatic heterocycles. The fraction of sp³-hybridized carbons (Fsp3) is 0.611. The molecule has 0 spiro atoms. The van der Waals surface area contributed by atoms with E-state index in [-0.39, 0.29) is 5.92 Å². The van der Waals surface area contributed by atoms with Gasteiger partial charge in [-0.1, -0.05) is 31.0 Å². The molecule has 1 aromatic carbocycles. The molecule has 2 aliphatic heterocycles. The SMILES string of the molecule is O=C(C1CNc2ccccc21)N1CCC[C@H]2CCCC[C@H]21. The van der Waals surface area contributed by atoms with Crippen LogP contribution in [0.25, 0.3) is 0 Å². The van der Waals surface area contributed by atoms with Crippen LogP contribution in [0, 0.1) is 5.92 Å². The van der Waals surface area contributed by atoms with Crippen molar-refractivity contribution in [3.05, 3.63) is 29.8 Å². The lowest BCUT2D eigenvalue weighted by Crippen LogP contribution is -2.51. The second-order valence-electron chi connectivity index (χ2n) is 6.81. The lowest BCUT2D eigenvalue weighted by Gasteiger charge is -2.45. The molecule has 1 N–H and O–H groups in total. The van der Waals surface area contributed by atoms with Crippen molar-refractivity contribution in [2.45, 2.75) is 50.5 Å². The number of fused-ring (bicyclic) bond motifs is 2. The van der Waals surface area contributed by atoms with Crippen LogP contribution in [0.15, 0.2) is 24.3 Å². The summed E-state index contributed by atoms with van der Waals surface area (Å²) >= 11 is 0. The molecule has 1 aliphatic carbocycles. The van der Waals surface area contributed by atoms with Crippen LogP contribution in [-0.4, -0.2) is 29.9 Å². The van der Waals surface area contributed by atoms with Crippen molar-refractivity contribution in [2.24, 2.45) is 5.92 Å². The Kier molecular flexibility index (Phi) is 3.36. The number of piperidine rings is 1. The number of carbonyl (C=O) groups is 1. The number of benzene rings is 1. The van der Waals surface area contributed by atoms with Crippen LogP contribution in [-0.2, 0) is 4.79 Å². The number of nitrogens with one attached hydrogen (secondary N) is 1.